The smallest absolute Gasteiger partial charge is 0.332 e. The van der Waals surface area contributed by atoms with Gasteiger partial charge in [0.05, 0.1) is 21.9 Å². The third-order valence-electron chi connectivity index (χ3n) is 4.00. The van der Waals surface area contributed by atoms with E-state index in [1.165, 1.54) is 19.2 Å². The van der Waals surface area contributed by atoms with Gasteiger partial charge in [-0.1, -0.05) is 40.5 Å². The molecule has 0 spiro atoms. The number of carbonyl (C=O) groups is 2. The Bertz CT molecular complexity index is 1150. The van der Waals surface area contributed by atoms with Gasteiger partial charge in [-0.2, -0.15) is 0 Å². The number of ether oxygens (including phenoxy) is 1. The number of pyridine rings is 1. The zero-order valence-corrected chi connectivity index (χ0v) is 18.4. The van der Waals surface area contributed by atoms with Crippen LogP contribution in [0, 0.1) is 0 Å². The molecule has 0 bridgehead atoms. The first-order valence-corrected chi connectivity index (χ1v) is 10.0. The van der Waals surface area contributed by atoms with Gasteiger partial charge in [0.1, 0.15) is 11.6 Å². The summed E-state index contributed by atoms with van der Waals surface area (Å²) in [7, 11) is 0. The largest absolute Gasteiger partial charge is 0.439 e. The molecule has 3 aromatic rings. The summed E-state index contributed by atoms with van der Waals surface area (Å²) in [6.45, 7) is 1.24. The van der Waals surface area contributed by atoms with E-state index in [1.54, 1.807) is 48.5 Å². The average Bonchev–Trinajstić information content (AvgIpc) is 2.77. The topological polar surface area (TPSA) is 116 Å². The number of anilines is 1. The van der Waals surface area contributed by atoms with Crippen LogP contribution in [-0.4, -0.2) is 22.7 Å². The van der Waals surface area contributed by atoms with E-state index in [9.17, 15) is 9.59 Å². The lowest BCUT2D eigenvalue weighted by atomic mass is 10.1. The summed E-state index contributed by atoms with van der Waals surface area (Å²) < 4.78 is 5.70. The molecule has 1 heterocycles. The van der Waals surface area contributed by atoms with E-state index in [1.807, 2.05) is 0 Å². The summed E-state index contributed by atoms with van der Waals surface area (Å²) in [4.78, 5) is 31.8. The van der Waals surface area contributed by atoms with Crippen LogP contribution in [-0.2, 0) is 16.1 Å². The molecule has 0 atom stereocenters. The molecule has 1 aromatic heterocycles. The van der Waals surface area contributed by atoms with Crippen molar-refractivity contribution in [3.8, 4) is 11.6 Å². The summed E-state index contributed by atoms with van der Waals surface area (Å²) in [5, 5.41) is 6.92. The van der Waals surface area contributed by atoms with Gasteiger partial charge in [0.2, 0.25) is 5.88 Å². The van der Waals surface area contributed by atoms with E-state index < -0.39 is 5.97 Å². The normalized spacial score (nSPS) is 11.0. The summed E-state index contributed by atoms with van der Waals surface area (Å²) >= 11 is 11.8. The van der Waals surface area contributed by atoms with Crippen molar-refractivity contribution in [3.63, 3.8) is 0 Å². The maximum Gasteiger partial charge on any atom is 0.332 e. The number of halogens is 2. The van der Waals surface area contributed by atoms with Gasteiger partial charge in [-0.15, -0.1) is 0 Å². The van der Waals surface area contributed by atoms with Crippen LogP contribution in [0.3, 0.4) is 0 Å². The Labute approximate surface area is 193 Å². The van der Waals surface area contributed by atoms with Crippen LogP contribution in [0.2, 0.25) is 10.0 Å². The Morgan fingerprint density at radius 1 is 1.06 bits per heavy atom. The molecule has 1 amide bonds. The van der Waals surface area contributed by atoms with Crippen LogP contribution in [0.4, 0.5) is 5.69 Å². The minimum Gasteiger partial charge on any atom is -0.439 e. The molecule has 164 valence electrons. The van der Waals surface area contributed by atoms with Crippen LogP contribution in [0.5, 0.6) is 11.6 Å². The first-order valence-electron chi connectivity index (χ1n) is 9.29. The summed E-state index contributed by atoms with van der Waals surface area (Å²) in [5.74, 6) is 0.204. The monoisotopic (exact) mass is 472 g/mol. The van der Waals surface area contributed by atoms with E-state index in [0.29, 0.717) is 39.3 Å². The second kappa shape index (κ2) is 10.6. The molecule has 3 N–H and O–H groups in total. The molecular weight excluding hydrogens is 455 g/mol. The number of oxime groups is 1. The van der Waals surface area contributed by atoms with Gasteiger partial charge in [0, 0.05) is 25.0 Å². The molecule has 10 heteroatoms. The number of aromatic nitrogens is 1. The van der Waals surface area contributed by atoms with Crippen molar-refractivity contribution in [3.05, 3.63) is 82.0 Å². The van der Waals surface area contributed by atoms with Gasteiger partial charge in [-0.3, -0.25) is 4.79 Å². The quantitative estimate of drug-likeness (QED) is 0.220. The van der Waals surface area contributed by atoms with E-state index >= 15 is 0 Å². The molecule has 0 fully saturated rings. The number of amidine groups is 1. The number of rotatable bonds is 7. The van der Waals surface area contributed by atoms with Crippen LogP contribution in [0.15, 0.2) is 65.9 Å². The number of benzene rings is 2. The highest BCUT2D eigenvalue weighted by Crippen LogP contribution is 2.24. The molecule has 0 unspecified atom stereocenters. The molecule has 0 saturated carbocycles. The highest BCUT2D eigenvalue weighted by Gasteiger charge is 2.09. The van der Waals surface area contributed by atoms with Crippen molar-refractivity contribution in [1.29, 1.82) is 0 Å². The van der Waals surface area contributed by atoms with Crippen LogP contribution < -0.4 is 15.8 Å². The van der Waals surface area contributed by atoms with Gasteiger partial charge < -0.3 is 20.6 Å². The van der Waals surface area contributed by atoms with Crippen molar-refractivity contribution in [1.82, 2.24) is 4.98 Å². The summed E-state index contributed by atoms with van der Waals surface area (Å²) in [6, 6.07) is 15.0. The molecule has 0 saturated heterocycles. The van der Waals surface area contributed by atoms with E-state index in [-0.39, 0.29) is 11.7 Å². The summed E-state index contributed by atoms with van der Waals surface area (Å²) in [5.41, 5.74) is 7.43. The lowest BCUT2D eigenvalue weighted by Crippen LogP contribution is -2.16. The zero-order valence-electron chi connectivity index (χ0n) is 16.8. The Hall–Kier alpha value is -3.62. The Morgan fingerprint density at radius 2 is 1.81 bits per heavy atom. The number of nitrogens with zero attached hydrogens (tertiary/aromatic N) is 2. The number of nitrogens with one attached hydrogen (secondary N) is 1. The van der Waals surface area contributed by atoms with Crippen LogP contribution in [0.25, 0.3) is 0 Å². The molecule has 32 heavy (non-hydrogen) atoms. The molecule has 0 aliphatic heterocycles. The SMILES string of the molecule is CC(=O)ON=C(N)Cc1ccc(Oc2ccc(NC(=O)c3ccc(Cl)c(Cl)c3)cn2)cc1. The molecule has 2 aromatic carbocycles. The van der Waals surface area contributed by atoms with Crippen molar-refractivity contribution in [2.75, 3.05) is 5.32 Å². The van der Waals surface area contributed by atoms with Crippen LogP contribution in [0.1, 0.15) is 22.8 Å². The van der Waals surface area contributed by atoms with E-state index in [0.717, 1.165) is 5.56 Å². The minimum absolute atomic E-state index is 0.175. The predicted molar refractivity (Wildman–Crippen MR) is 122 cm³/mol. The third kappa shape index (κ3) is 6.69. The first kappa shape index (κ1) is 23.1. The van der Waals surface area contributed by atoms with Gasteiger partial charge in [0.25, 0.3) is 5.91 Å². The van der Waals surface area contributed by atoms with Crippen LogP contribution >= 0.6 is 23.2 Å². The Morgan fingerprint density at radius 3 is 2.44 bits per heavy atom. The van der Waals surface area contributed by atoms with Crippen molar-refractivity contribution in [2.24, 2.45) is 10.9 Å². The first-order chi connectivity index (χ1) is 15.3. The second-order valence-corrected chi connectivity index (χ2v) is 7.37. The van der Waals surface area contributed by atoms with Gasteiger partial charge in [0.15, 0.2) is 0 Å². The fraction of sp³-hybridized carbons (Fsp3) is 0.0909. The Kier molecular flexibility index (Phi) is 7.64. The Balaban J connectivity index is 1.57. The number of hydrogen-bond acceptors (Lipinski definition) is 6. The summed E-state index contributed by atoms with van der Waals surface area (Å²) in [6.07, 6.45) is 1.80. The van der Waals surface area contributed by atoms with Crippen molar-refractivity contribution in [2.45, 2.75) is 13.3 Å². The van der Waals surface area contributed by atoms with E-state index in [2.05, 4.69) is 20.3 Å². The fourth-order valence-electron chi connectivity index (χ4n) is 2.52. The van der Waals surface area contributed by atoms with E-state index in [4.69, 9.17) is 33.7 Å². The molecule has 0 aliphatic carbocycles. The number of carbonyl (C=O) groups excluding carboxylic acids is 2. The minimum atomic E-state index is -0.538. The maximum absolute atomic E-state index is 12.3. The van der Waals surface area contributed by atoms with Gasteiger partial charge >= 0.3 is 5.97 Å². The van der Waals surface area contributed by atoms with Gasteiger partial charge in [-0.25, -0.2) is 9.78 Å². The fourth-order valence-corrected chi connectivity index (χ4v) is 2.81. The number of hydrogen-bond donors (Lipinski definition) is 2. The molecule has 8 nitrogen and oxygen atoms in total. The maximum atomic E-state index is 12.3. The zero-order chi connectivity index (χ0) is 23.1. The lowest BCUT2D eigenvalue weighted by Gasteiger charge is -2.08. The number of nitrogens with two attached hydrogens (primary N) is 1. The van der Waals surface area contributed by atoms with Crippen molar-refractivity contribution < 1.29 is 19.2 Å². The molecule has 0 aliphatic rings. The molecule has 3 rings (SSSR count). The highest BCUT2D eigenvalue weighted by atomic mass is 35.5. The average molecular weight is 473 g/mol. The highest BCUT2D eigenvalue weighted by molar-refractivity contribution is 6.42. The van der Waals surface area contributed by atoms with Gasteiger partial charge in [-0.05, 0) is 42.0 Å². The standard InChI is InChI=1S/C22H18Cl2N4O4/c1-13(29)32-28-20(25)10-14-2-6-17(7-3-14)31-21-9-5-16(12-26-21)27-22(30)15-4-8-18(23)19(24)11-15/h2-9,11-12H,10H2,1H3,(H2,25,28)(H,27,30). The molecular formula is C22H18Cl2N4O4. The third-order valence-corrected chi connectivity index (χ3v) is 4.74. The molecule has 0 radical (unpaired) electrons. The predicted octanol–water partition coefficient (Wildman–Crippen LogP) is 4.81. The van der Waals surface area contributed by atoms with Crippen molar-refractivity contribution >= 4 is 46.6 Å². The second-order valence-electron chi connectivity index (χ2n) is 6.56. The lowest BCUT2D eigenvalue weighted by molar-refractivity contribution is -0.140. The number of amides is 1.